The standard InChI is InChI=1S/C9H20N2/c1-4-9(8(2)3)5-6-11-7-10/h9,11H,2,4-7,10H2,1,3H3. The summed E-state index contributed by atoms with van der Waals surface area (Å²) in [7, 11) is 0. The van der Waals surface area contributed by atoms with Gasteiger partial charge in [0, 0.05) is 6.67 Å². The number of rotatable bonds is 6. The number of hydrogen-bond acceptors (Lipinski definition) is 2. The second kappa shape index (κ2) is 6.38. The first-order chi connectivity index (χ1) is 5.22. The van der Waals surface area contributed by atoms with Crippen LogP contribution in [0.25, 0.3) is 0 Å². The average Bonchev–Trinajstić information content (AvgIpc) is 1.97. The van der Waals surface area contributed by atoms with Crippen LogP contribution in [0.15, 0.2) is 12.2 Å². The Kier molecular flexibility index (Phi) is 6.18. The summed E-state index contributed by atoms with van der Waals surface area (Å²) < 4.78 is 0. The van der Waals surface area contributed by atoms with E-state index in [4.69, 9.17) is 5.73 Å². The fraction of sp³-hybridized carbons (Fsp3) is 0.778. The van der Waals surface area contributed by atoms with Gasteiger partial charge in [-0.25, -0.2) is 0 Å². The molecule has 3 N–H and O–H groups in total. The summed E-state index contributed by atoms with van der Waals surface area (Å²) in [5.74, 6) is 0.661. The van der Waals surface area contributed by atoms with Crippen molar-refractivity contribution >= 4 is 0 Å². The monoisotopic (exact) mass is 156 g/mol. The minimum absolute atomic E-state index is 0.576. The Hall–Kier alpha value is -0.340. The molecule has 0 spiro atoms. The molecule has 0 fully saturated rings. The normalized spacial score (nSPS) is 13.0. The molecule has 0 radical (unpaired) electrons. The highest BCUT2D eigenvalue weighted by Gasteiger charge is 2.04. The Morgan fingerprint density at radius 1 is 1.64 bits per heavy atom. The summed E-state index contributed by atoms with van der Waals surface area (Å²) in [5.41, 5.74) is 6.58. The van der Waals surface area contributed by atoms with Crippen molar-refractivity contribution in [3.63, 3.8) is 0 Å². The molecule has 0 amide bonds. The molecule has 1 unspecified atom stereocenters. The van der Waals surface area contributed by atoms with Gasteiger partial charge in [0.15, 0.2) is 0 Å². The lowest BCUT2D eigenvalue weighted by atomic mass is 9.95. The summed E-state index contributed by atoms with van der Waals surface area (Å²) in [4.78, 5) is 0. The van der Waals surface area contributed by atoms with Gasteiger partial charge >= 0.3 is 0 Å². The minimum atomic E-state index is 0.576. The molecule has 2 heteroatoms. The van der Waals surface area contributed by atoms with E-state index < -0.39 is 0 Å². The number of allylic oxidation sites excluding steroid dienone is 1. The molecule has 66 valence electrons. The predicted molar refractivity (Wildman–Crippen MR) is 50.3 cm³/mol. The first kappa shape index (κ1) is 10.7. The van der Waals surface area contributed by atoms with Crippen molar-refractivity contribution in [2.24, 2.45) is 11.7 Å². The lowest BCUT2D eigenvalue weighted by Crippen LogP contribution is -2.24. The van der Waals surface area contributed by atoms with Gasteiger partial charge in [-0.2, -0.15) is 0 Å². The van der Waals surface area contributed by atoms with E-state index in [9.17, 15) is 0 Å². The highest BCUT2D eigenvalue weighted by Crippen LogP contribution is 2.15. The van der Waals surface area contributed by atoms with Crippen LogP contribution in [0, 0.1) is 5.92 Å². The van der Waals surface area contributed by atoms with Gasteiger partial charge in [-0.3, -0.25) is 0 Å². The Bertz CT molecular complexity index is 110. The van der Waals surface area contributed by atoms with Crippen LogP contribution in [0.1, 0.15) is 26.7 Å². The quantitative estimate of drug-likeness (QED) is 0.347. The van der Waals surface area contributed by atoms with E-state index >= 15 is 0 Å². The number of hydrogen-bond donors (Lipinski definition) is 2. The van der Waals surface area contributed by atoms with E-state index in [1.54, 1.807) is 0 Å². The van der Waals surface area contributed by atoms with Crippen LogP contribution in [0.3, 0.4) is 0 Å². The van der Waals surface area contributed by atoms with E-state index in [1.165, 1.54) is 12.0 Å². The molecular weight excluding hydrogens is 136 g/mol. The van der Waals surface area contributed by atoms with Crippen molar-refractivity contribution in [2.45, 2.75) is 26.7 Å². The Morgan fingerprint density at radius 2 is 2.27 bits per heavy atom. The minimum Gasteiger partial charge on any atom is -0.318 e. The van der Waals surface area contributed by atoms with Gasteiger partial charge in [-0.1, -0.05) is 19.1 Å². The van der Waals surface area contributed by atoms with Crippen LogP contribution in [-0.2, 0) is 0 Å². The zero-order valence-electron chi connectivity index (χ0n) is 7.69. The molecule has 11 heavy (non-hydrogen) atoms. The van der Waals surface area contributed by atoms with Gasteiger partial charge in [-0.05, 0) is 32.2 Å². The van der Waals surface area contributed by atoms with Gasteiger partial charge in [-0.15, -0.1) is 0 Å². The van der Waals surface area contributed by atoms with Crippen molar-refractivity contribution in [1.29, 1.82) is 0 Å². The van der Waals surface area contributed by atoms with Crippen LogP contribution in [0.5, 0.6) is 0 Å². The fourth-order valence-corrected chi connectivity index (χ4v) is 1.18. The third kappa shape index (κ3) is 4.99. The topological polar surface area (TPSA) is 38.0 Å². The number of nitrogens with one attached hydrogen (secondary N) is 1. The molecule has 0 aromatic rings. The molecular formula is C9H20N2. The lowest BCUT2D eigenvalue weighted by Gasteiger charge is -2.14. The van der Waals surface area contributed by atoms with Crippen LogP contribution in [0.4, 0.5) is 0 Å². The molecule has 0 heterocycles. The van der Waals surface area contributed by atoms with Crippen LogP contribution < -0.4 is 11.1 Å². The zero-order chi connectivity index (χ0) is 8.69. The van der Waals surface area contributed by atoms with Gasteiger partial charge in [0.25, 0.3) is 0 Å². The highest BCUT2D eigenvalue weighted by atomic mass is 14.9. The first-order valence-corrected chi connectivity index (χ1v) is 4.28. The van der Waals surface area contributed by atoms with E-state index in [0.29, 0.717) is 12.6 Å². The smallest absolute Gasteiger partial charge is 0.0428 e. The maximum atomic E-state index is 5.30. The van der Waals surface area contributed by atoms with Gasteiger partial charge in [0.05, 0.1) is 0 Å². The summed E-state index contributed by atoms with van der Waals surface area (Å²) >= 11 is 0. The van der Waals surface area contributed by atoms with Crippen molar-refractivity contribution in [1.82, 2.24) is 5.32 Å². The second-order valence-electron chi connectivity index (χ2n) is 2.94. The summed E-state index contributed by atoms with van der Waals surface area (Å²) in [6, 6.07) is 0. The predicted octanol–water partition coefficient (Wildman–Crippen LogP) is 1.48. The first-order valence-electron chi connectivity index (χ1n) is 4.28. The van der Waals surface area contributed by atoms with E-state index in [1.807, 2.05) is 0 Å². The molecule has 0 saturated carbocycles. The van der Waals surface area contributed by atoms with Gasteiger partial charge < -0.3 is 11.1 Å². The van der Waals surface area contributed by atoms with Crippen molar-refractivity contribution in [2.75, 3.05) is 13.2 Å². The SMILES string of the molecule is C=C(C)C(CC)CCNCN. The molecule has 0 bridgehead atoms. The molecule has 0 saturated heterocycles. The molecule has 0 aliphatic rings. The fourth-order valence-electron chi connectivity index (χ4n) is 1.18. The zero-order valence-corrected chi connectivity index (χ0v) is 7.69. The molecule has 0 aliphatic carbocycles. The molecule has 0 aromatic carbocycles. The van der Waals surface area contributed by atoms with Crippen LogP contribution >= 0.6 is 0 Å². The summed E-state index contributed by atoms with van der Waals surface area (Å²) in [6.45, 7) is 9.81. The average molecular weight is 156 g/mol. The van der Waals surface area contributed by atoms with Crippen molar-refractivity contribution < 1.29 is 0 Å². The Balaban J connectivity index is 3.44. The Labute approximate surface area is 69.9 Å². The van der Waals surface area contributed by atoms with Gasteiger partial charge in [0.1, 0.15) is 0 Å². The third-order valence-corrected chi connectivity index (χ3v) is 2.00. The third-order valence-electron chi connectivity index (χ3n) is 2.00. The maximum absolute atomic E-state index is 5.30. The molecule has 1 atom stereocenters. The largest absolute Gasteiger partial charge is 0.318 e. The maximum Gasteiger partial charge on any atom is 0.0428 e. The molecule has 2 nitrogen and oxygen atoms in total. The number of nitrogens with two attached hydrogens (primary N) is 1. The highest BCUT2D eigenvalue weighted by molar-refractivity contribution is 4.95. The van der Waals surface area contributed by atoms with E-state index in [2.05, 4.69) is 25.7 Å². The molecule has 0 rings (SSSR count). The van der Waals surface area contributed by atoms with Crippen molar-refractivity contribution in [3.05, 3.63) is 12.2 Å². The second-order valence-corrected chi connectivity index (χ2v) is 2.94. The summed E-state index contributed by atoms with van der Waals surface area (Å²) in [5, 5.41) is 3.10. The van der Waals surface area contributed by atoms with E-state index in [0.717, 1.165) is 13.0 Å². The van der Waals surface area contributed by atoms with Crippen LogP contribution in [-0.4, -0.2) is 13.2 Å². The van der Waals surface area contributed by atoms with Gasteiger partial charge in [0.2, 0.25) is 0 Å². The summed E-state index contributed by atoms with van der Waals surface area (Å²) in [6.07, 6.45) is 2.34. The lowest BCUT2D eigenvalue weighted by molar-refractivity contribution is 0.514. The van der Waals surface area contributed by atoms with Crippen LogP contribution in [0.2, 0.25) is 0 Å². The Morgan fingerprint density at radius 3 is 2.64 bits per heavy atom. The molecule has 0 aliphatic heterocycles. The van der Waals surface area contributed by atoms with E-state index in [-0.39, 0.29) is 0 Å². The molecule has 0 aromatic heterocycles. The van der Waals surface area contributed by atoms with Crippen molar-refractivity contribution in [3.8, 4) is 0 Å².